The van der Waals surface area contributed by atoms with Gasteiger partial charge in [-0.15, -0.1) is 5.10 Å². The molecule has 1 unspecified atom stereocenters. The summed E-state index contributed by atoms with van der Waals surface area (Å²) >= 11 is 0. The maximum atomic E-state index is 9.23. The topological polar surface area (TPSA) is 63.7 Å². The van der Waals surface area contributed by atoms with Crippen LogP contribution >= 0.6 is 0 Å². The fourth-order valence-electron chi connectivity index (χ4n) is 2.64. The zero-order valence-electron chi connectivity index (χ0n) is 12.3. The molecule has 0 radical (unpaired) electrons. The van der Waals surface area contributed by atoms with Crippen LogP contribution in [-0.4, -0.2) is 21.6 Å². The summed E-state index contributed by atoms with van der Waals surface area (Å²) in [6.07, 6.45) is 1.83. The van der Waals surface area contributed by atoms with Gasteiger partial charge in [0.25, 0.3) is 0 Å². The summed E-state index contributed by atoms with van der Waals surface area (Å²) in [5.74, 6) is 0.488. The van der Waals surface area contributed by atoms with Crippen molar-refractivity contribution in [3.8, 4) is 11.8 Å². The predicted octanol–water partition coefficient (Wildman–Crippen LogP) is 3.11. The van der Waals surface area contributed by atoms with Crippen molar-refractivity contribution in [2.45, 2.75) is 38.7 Å². The predicted molar refractivity (Wildman–Crippen MR) is 78.1 cm³/mol. The molecule has 1 atom stereocenters. The van der Waals surface area contributed by atoms with Crippen LogP contribution in [0.4, 0.5) is 0 Å². The van der Waals surface area contributed by atoms with Crippen molar-refractivity contribution in [2.24, 2.45) is 0 Å². The third-order valence-corrected chi connectivity index (χ3v) is 3.85. The molecule has 1 aromatic carbocycles. The van der Waals surface area contributed by atoms with Crippen molar-refractivity contribution in [3.05, 3.63) is 41.2 Å². The van der Waals surface area contributed by atoms with E-state index in [0.717, 1.165) is 30.8 Å². The van der Waals surface area contributed by atoms with Crippen LogP contribution < -0.4 is 0 Å². The van der Waals surface area contributed by atoms with Gasteiger partial charge in [-0.25, -0.2) is 4.68 Å². The monoisotopic (exact) mass is 282 g/mol. The number of nitriles is 1. The zero-order valence-corrected chi connectivity index (χ0v) is 12.3. The third kappa shape index (κ3) is 2.55. The Balaban J connectivity index is 2.02. The highest BCUT2D eigenvalue weighted by atomic mass is 16.5. The summed E-state index contributed by atoms with van der Waals surface area (Å²) in [7, 11) is 0. The zero-order chi connectivity index (χ0) is 14.8. The normalized spacial score (nSPS) is 18.1. The van der Waals surface area contributed by atoms with Crippen LogP contribution in [0, 0.1) is 11.3 Å². The van der Waals surface area contributed by atoms with E-state index in [9.17, 15) is 5.26 Å². The van der Waals surface area contributed by atoms with Crippen LogP contribution in [0.1, 0.15) is 55.7 Å². The molecule has 0 amide bonds. The second-order valence-corrected chi connectivity index (χ2v) is 5.59. The molecule has 1 aliphatic heterocycles. The van der Waals surface area contributed by atoms with E-state index in [0.29, 0.717) is 11.6 Å². The smallest absolute Gasteiger partial charge is 0.189 e. The fourth-order valence-corrected chi connectivity index (χ4v) is 2.64. The first-order valence-corrected chi connectivity index (χ1v) is 7.28. The van der Waals surface area contributed by atoms with Crippen LogP contribution in [0.2, 0.25) is 0 Å². The molecule has 3 rings (SSSR count). The molecule has 0 bridgehead atoms. The highest BCUT2D eigenvalue weighted by molar-refractivity contribution is 5.39. The SMILES string of the molecule is CC(C)c1ccc(-n2nnc(C#N)c2C2CCCO2)cc1. The lowest BCUT2D eigenvalue weighted by Crippen LogP contribution is -2.08. The summed E-state index contributed by atoms with van der Waals surface area (Å²) in [6.45, 7) is 5.05. The van der Waals surface area contributed by atoms with Gasteiger partial charge in [0.1, 0.15) is 17.9 Å². The molecule has 21 heavy (non-hydrogen) atoms. The quantitative estimate of drug-likeness (QED) is 0.867. The van der Waals surface area contributed by atoms with E-state index >= 15 is 0 Å². The summed E-state index contributed by atoms with van der Waals surface area (Å²) in [4.78, 5) is 0. The standard InChI is InChI=1S/C16H18N4O/c1-11(2)12-5-7-13(8-6-12)20-16(14(10-17)18-19-20)15-4-3-9-21-15/h5-8,11,15H,3-4,9H2,1-2H3. The Kier molecular flexibility index (Phi) is 3.72. The maximum Gasteiger partial charge on any atom is 0.189 e. The van der Waals surface area contributed by atoms with E-state index in [4.69, 9.17) is 4.74 Å². The van der Waals surface area contributed by atoms with Gasteiger partial charge >= 0.3 is 0 Å². The molecular formula is C16H18N4O. The van der Waals surface area contributed by atoms with E-state index in [1.807, 2.05) is 12.1 Å². The van der Waals surface area contributed by atoms with Crippen LogP contribution in [0.15, 0.2) is 24.3 Å². The Morgan fingerprint density at radius 1 is 1.33 bits per heavy atom. The minimum Gasteiger partial charge on any atom is -0.372 e. The van der Waals surface area contributed by atoms with Gasteiger partial charge in [0, 0.05) is 6.61 Å². The average Bonchev–Trinajstić information content (AvgIpc) is 3.15. The van der Waals surface area contributed by atoms with Crippen molar-refractivity contribution < 1.29 is 4.74 Å². The number of nitrogens with zero attached hydrogens (tertiary/aromatic N) is 4. The van der Waals surface area contributed by atoms with E-state index in [-0.39, 0.29) is 6.10 Å². The van der Waals surface area contributed by atoms with Crippen molar-refractivity contribution >= 4 is 0 Å². The molecule has 2 aromatic rings. The summed E-state index contributed by atoms with van der Waals surface area (Å²) in [5.41, 5.74) is 3.32. The number of aromatic nitrogens is 3. The molecule has 5 heteroatoms. The van der Waals surface area contributed by atoms with Gasteiger partial charge in [-0.1, -0.05) is 31.2 Å². The lowest BCUT2D eigenvalue weighted by molar-refractivity contribution is 0.106. The van der Waals surface area contributed by atoms with E-state index in [1.54, 1.807) is 4.68 Å². The van der Waals surface area contributed by atoms with E-state index in [1.165, 1.54) is 5.56 Å². The molecule has 1 fully saturated rings. The molecule has 0 N–H and O–H groups in total. The van der Waals surface area contributed by atoms with Gasteiger partial charge < -0.3 is 4.74 Å². The lowest BCUT2D eigenvalue weighted by Gasteiger charge is -2.13. The molecule has 0 saturated carbocycles. The maximum absolute atomic E-state index is 9.23. The molecule has 0 spiro atoms. The molecule has 0 aliphatic carbocycles. The third-order valence-electron chi connectivity index (χ3n) is 3.85. The number of hydrogen-bond acceptors (Lipinski definition) is 4. The van der Waals surface area contributed by atoms with Crippen molar-refractivity contribution in [2.75, 3.05) is 6.61 Å². The highest BCUT2D eigenvalue weighted by Gasteiger charge is 2.27. The van der Waals surface area contributed by atoms with Gasteiger partial charge in [-0.05, 0) is 36.5 Å². The Morgan fingerprint density at radius 2 is 2.10 bits per heavy atom. The minimum absolute atomic E-state index is 0.0839. The van der Waals surface area contributed by atoms with Crippen LogP contribution in [0.5, 0.6) is 0 Å². The molecular weight excluding hydrogens is 264 g/mol. The molecule has 2 heterocycles. The van der Waals surface area contributed by atoms with Crippen molar-refractivity contribution in [1.82, 2.24) is 15.0 Å². The number of ether oxygens (including phenoxy) is 1. The second-order valence-electron chi connectivity index (χ2n) is 5.59. The number of hydrogen-bond donors (Lipinski definition) is 0. The van der Waals surface area contributed by atoms with Gasteiger partial charge in [0.15, 0.2) is 5.69 Å². The van der Waals surface area contributed by atoms with Crippen molar-refractivity contribution in [1.29, 1.82) is 5.26 Å². The summed E-state index contributed by atoms with van der Waals surface area (Å²) in [6, 6.07) is 10.3. The second kappa shape index (κ2) is 5.66. The molecule has 1 saturated heterocycles. The Labute approximate surface area is 124 Å². The molecule has 1 aromatic heterocycles. The van der Waals surface area contributed by atoms with Crippen LogP contribution in [0.25, 0.3) is 5.69 Å². The van der Waals surface area contributed by atoms with Gasteiger partial charge in [0.2, 0.25) is 0 Å². The van der Waals surface area contributed by atoms with Gasteiger partial charge in [0.05, 0.1) is 5.69 Å². The molecule has 1 aliphatic rings. The molecule has 108 valence electrons. The molecule has 5 nitrogen and oxygen atoms in total. The van der Waals surface area contributed by atoms with Gasteiger partial charge in [-0.2, -0.15) is 5.26 Å². The summed E-state index contributed by atoms with van der Waals surface area (Å²) < 4.78 is 7.45. The van der Waals surface area contributed by atoms with E-state index < -0.39 is 0 Å². The summed E-state index contributed by atoms with van der Waals surface area (Å²) in [5, 5.41) is 17.4. The number of benzene rings is 1. The Morgan fingerprint density at radius 3 is 2.67 bits per heavy atom. The van der Waals surface area contributed by atoms with Gasteiger partial charge in [-0.3, -0.25) is 0 Å². The first-order chi connectivity index (χ1) is 10.2. The average molecular weight is 282 g/mol. The lowest BCUT2D eigenvalue weighted by atomic mass is 10.0. The first-order valence-electron chi connectivity index (χ1n) is 7.28. The van der Waals surface area contributed by atoms with Crippen LogP contribution in [0.3, 0.4) is 0 Å². The van der Waals surface area contributed by atoms with E-state index in [2.05, 4.69) is 42.4 Å². The minimum atomic E-state index is -0.0839. The van der Waals surface area contributed by atoms with Crippen LogP contribution in [-0.2, 0) is 4.74 Å². The highest BCUT2D eigenvalue weighted by Crippen LogP contribution is 2.31. The Hall–Kier alpha value is -2.19. The van der Waals surface area contributed by atoms with Crippen molar-refractivity contribution in [3.63, 3.8) is 0 Å². The number of rotatable bonds is 3. The fraction of sp³-hybridized carbons (Fsp3) is 0.438. The Bertz CT molecular complexity index is 661. The largest absolute Gasteiger partial charge is 0.372 e. The first kappa shape index (κ1) is 13.8.